The number of hydrogen-bond acceptors (Lipinski definition) is 4. The van der Waals surface area contributed by atoms with Gasteiger partial charge in [0.15, 0.2) is 11.2 Å². The summed E-state index contributed by atoms with van der Waals surface area (Å²) in [6, 6.07) is 9.82. The van der Waals surface area contributed by atoms with Crippen LogP contribution in [0.2, 0.25) is 0 Å². The third kappa shape index (κ3) is 3.48. The maximum absolute atomic E-state index is 13.0. The summed E-state index contributed by atoms with van der Waals surface area (Å²) >= 11 is 0. The zero-order valence-corrected chi connectivity index (χ0v) is 15.1. The van der Waals surface area contributed by atoms with Crippen LogP contribution in [-0.2, 0) is 19.6 Å². The van der Waals surface area contributed by atoms with Gasteiger partial charge in [-0.2, -0.15) is 0 Å². The van der Waals surface area contributed by atoms with E-state index in [9.17, 15) is 14.7 Å². The van der Waals surface area contributed by atoms with Crippen molar-refractivity contribution < 1.29 is 5.11 Å². The first kappa shape index (κ1) is 18.1. The van der Waals surface area contributed by atoms with Gasteiger partial charge >= 0.3 is 5.69 Å². The summed E-state index contributed by atoms with van der Waals surface area (Å²) in [5.41, 5.74) is 1.24. The Kier molecular flexibility index (Phi) is 5.37. The van der Waals surface area contributed by atoms with Gasteiger partial charge in [-0.1, -0.05) is 30.3 Å². The second kappa shape index (κ2) is 7.70. The smallest absolute Gasteiger partial charge is 0.332 e. The van der Waals surface area contributed by atoms with E-state index >= 15 is 0 Å². The van der Waals surface area contributed by atoms with Gasteiger partial charge in [0, 0.05) is 19.6 Å². The summed E-state index contributed by atoms with van der Waals surface area (Å²) < 4.78 is 4.59. The van der Waals surface area contributed by atoms with Gasteiger partial charge in [-0.15, -0.1) is 0 Å². The Balaban J connectivity index is 2.09. The summed E-state index contributed by atoms with van der Waals surface area (Å²) in [7, 11) is 0. The molecule has 3 rings (SSSR count). The summed E-state index contributed by atoms with van der Waals surface area (Å²) in [5, 5.41) is 9.43. The quantitative estimate of drug-likeness (QED) is 0.697. The van der Waals surface area contributed by atoms with E-state index in [1.165, 1.54) is 9.13 Å². The molecular formula is C19H24N4O3. The Morgan fingerprint density at radius 2 is 1.88 bits per heavy atom. The fourth-order valence-electron chi connectivity index (χ4n) is 3.17. The molecule has 0 spiro atoms. The van der Waals surface area contributed by atoms with Crippen LogP contribution in [-0.4, -0.2) is 29.9 Å². The van der Waals surface area contributed by atoms with Crippen molar-refractivity contribution in [1.82, 2.24) is 18.7 Å². The molecule has 0 amide bonds. The van der Waals surface area contributed by atoms with E-state index in [1.807, 2.05) is 37.3 Å². The number of nitrogens with zero attached hydrogens (tertiary/aromatic N) is 4. The van der Waals surface area contributed by atoms with Gasteiger partial charge < -0.3 is 9.67 Å². The van der Waals surface area contributed by atoms with E-state index in [4.69, 9.17) is 0 Å². The standard InChI is InChI=1S/C19H24N4O3/c1-3-22-17-16(18(25)23(19(22)26)11-7-8-14(2)24)21(13-20-17)12-15-9-5-4-6-10-15/h4-6,9-10,13-14,24H,3,7-8,11-12H2,1-2H3. The van der Waals surface area contributed by atoms with Crippen molar-refractivity contribution in [3.05, 3.63) is 63.1 Å². The highest BCUT2D eigenvalue weighted by Crippen LogP contribution is 2.10. The lowest BCUT2D eigenvalue weighted by molar-refractivity contribution is 0.179. The number of fused-ring (bicyclic) bond motifs is 1. The predicted octanol–water partition coefficient (Wildman–Crippen LogP) is 1.59. The van der Waals surface area contributed by atoms with Crippen LogP contribution in [0.1, 0.15) is 32.3 Å². The van der Waals surface area contributed by atoms with Gasteiger partial charge in [-0.05, 0) is 32.3 Å². The summed E-state index contributed by atoms with van der Waals surface area (Å²) in [6.07, 6.45) is 2.27. The number of hydrogen-bond donors (Lipinski definition) is 1. The zero-order valence-electron chi connectivity index (χ0n) is 15.1. The molecule has 2 heterocycles. The van der Waals surface area contributed by atoms with Crippen molar-refractivity contribution in [2.24, 2.45) is 0 Å². The van der Waals surface area contributed by atoms with E-state index in [-0.39, 0.29) is 17.8 Å². The average molecular weight is 356 g/mol. The second-order valence-corrected chi connectivity index (χ2v) is 6.51. The third-order valence-corrected chi connectivity index (χ3v) is 4.50. The Labute approximate surface area is 151 Å². The number of aryl methyl sites for hydroxylation is 1. The van der Waals surface area contributed by atoms with Crippen LogP contribution in [0, 0.1) is 0 Å². The monoisotopic (exact) mass is 356 g/mol. The largest absolute Gasteiger partial charge is 0.393 e. The first-order chi connectivity index (χ1) is 12.5. The Morgan fingerprint density at radius 3 is 2.54 bits per heavy atom. The van der Waals surface area contributed by atoms with Crippen LogP contribution in [0.15, 0.2) is 46.2 Å². The molecule has 7 nitrogen and oxygen atoms in total. The fraction of sp³-hybridized carbons (Fsp3) is 0.421. The Hall–Kier alpha value is -2.67. The molecule has 1 N–H and O–H groups in total. The molecular weight excluding hydrogens is 332 g/mol. The lowest BCUT2D eigenvalue weighted by Crippen LogP contribution is -2.40. The molecule has 0 aliphatic carbocycles. The topological polar surface area (TPSA) is 82.0 Å². The fourth-order valence-corrected chi connectivity index (χ4v) is 3.17. The molecule has 0 radical (unpaired) electrons. The molecule has 0 fully saturated rings. The van der Waals surface area contributed by atoms with Gasteiger partial charge in [0.05, 0.1) is 12.4 Å². The maximum Gasteiger partial charge on any atom is 0.332 e. The van der Waals surface area contributed by atoms with Gasteiger partial charge in [0.2, 0.25) is 0 Å². The molecule has 1 aromatic carbocycles. The van der Waals surface area contributed by atoms with E-state index in [1.54, 1.807) is 17.8 Å². The van der Waals surface area contributed by atoms with Crippen LogP contribution in [0.25, 0.3) is 11.2 Å². The Morgan fingerprint density at radius 1 is 1.15 bits per heavy atom. The lowest BCUT2D eigenvalue weighted by Gasteiger charge is -2.12. The van der Waals surface area contributed by atoms with Crippen LogP contribution >= 0.6 is 0 Å². The molecule has 0 saturated carbocycles. The number of aliphatic hydroxyl groups is 1. The molecule has 26 heavy (non-hydrogen) atoms. The molecule has 2 aromatic heterocycles. The summed E-state index contributed by atoms with van der Waals surface area (Å²) in [4.78, 5) is 30.0. The number of aromatic nitrogens is 4. The van der Waals surface area contributed by atoms with E-state index in [0.29, 0.717) is 37.1 Å². The minimum absolute atomic E-state index is 0.287. The highest BCUT2D eigenvalue weighted by atomic mass is 16.3. The van der Waals surface area contributed by atoms with E-state index in [2.05, 4.69) is 4.98 Å². The summed E-state index contributed by atoms with van der Waals surface area (Å²) in [6.45, 7) is 4.80. The average Bonchev–Trinajstić information content (AvgIpc) is 3.02. The lowest BCUT2D eigenvalue weighted by atomic mass is 10.2. The SMILES string of the molecule is CCn1c(=O)n(CCCC(C)O)c(=O)c2c1ncn2Cc1ccccc1. The molecule has 0 saturated heterocycles. The predicted molar refractivity (Wildman–Crippen MR) is 100 cm³/mol. The minimum atomic E-state index is -0.452. The highest BCUT2D eigenvalue weighted by molar-refractivity contribution is 5.70. The first-order valence-electron chi connectivity index (χ1n) is 8.93. The van der Waals surface area contributed by atoms with Crippen molar-refractivity contribution >= 4 is 11.2 Å². The third-order valence-electron chi connectivity index (χ3n) is 4.50. The van der Waals surface area contributed by atoms with Crippen molar-refractivity contribution in [1.29, 1.82) is 0 Å². The van der Waals surface area contributed by atoms with Crippen molar-refractivity contribution in [3.63, 3.8) is 0 Å². The molecule has 7 heteroatoms. The number of rotatable bonds is 7. The number of benzene rings is 1. The normalized spacial score (nSPS) is 12.6. The molecule has 1 unspecified atom stereocenters. The van der Waals surface area contributed by atoms with Gasteiger partial charge in [0.25, 0.3) is 5.56 Å². The minimum Gasteiger partial charge on any atom is -0.393 e. The van der Waals surface area contributed by atoms with Crippen molar-refractivity contribution in [2.45, 2.75) is 52.4 Å². The van der Waals surface area contributed by atoms with Crippen molar-refractivity contribution in [3.8, 4) is 0 Å². The van der Waals surface area contributed by atoms with Crippen molar-refractivity contribution in [2.75, 3.05) is 0 Å². The van der Waals surface area contributed by atoms with E-state index in [0.717, 1.165) is 5.56 Å². The molecule has 138 valence electrons. The van der Waals surface area contributed by atoms with E-state index < -0.39 is 6.10 Å². The van der Waals surface area contributed by atoms with Gasteiger partial charge in [-0.3, -0.25) is 13.9 Å². The summed E-state index contributed by atoms with van der Waals surface area (Å²) in [5.74, 6) is 0. The molecule has 0 aliphatic heterocycles. The zero-order chi connectivity index (χ0) is 18.7. The van der Waals surface area contributed by atoms with Crippen LogP contribution in [0.3, 0.4) is 0 Å². The van der Waals surface area contributed by atoms with Gasteiger partial charge in [-0.25, -0.2) is 9.78 Å². The molecule has 0 bridgehead atoms. The number of imidazole rings is 1. The maximum atomic E-state index is 13.0. The molecule has 1 atom stereocenters. The van der Waals surface area contributed by atoms with Gasteiger partial charge in [0.1, 0.15) is 0 Å². The second-order valence-electron chi connectivity index (χ2n) is 6.51. The molecule has 3 aromatic rings. The molecule has 0 aliphatic rings. The van der Waals surface area contributed by atoms with Crippen LogP contribution in [0.5, 0.6) is 0 Å². The van der Waals surface area contributed by atoms with Crippen LogP contribution in [0.4, 0.5) is 0 Å². The number of aliphatic hydroxyl groups excluding tert-OH is 1. The first-order valence-corrected chi connectivity index (χ1v) is 8.93. The van der Waals surface area contributed by atoms with Crippen LogP contribution < -0.4 is 11.2 Å². The highest BCUT2D eigenvalue weighted by Gasteiger charge is 2.17. The Bertz CT molecular complexity index is 999.